The zero-order chi connectivity index (χ0) is 24.1. The number of nitro groups is 1. The fourth-order valence-electron chi connectivity index (χ4n) is 4.07. The van der Waals surface area contributed by atoms with Crippen molar-refractivity contribution >= 4 is 17.3 Å². The molecule has 1 aliphatic heterocycles. The molecule has 0 bridgehead atoms. The number of halogens is 3. The molecule has 0 radical (unpaired) electrons. The molecule has 0 spiro atoms. The number of nitro benzene ring substituents is 1. The number of aromatic nitrogens is 2. The summed E-state index contributed by atoms with van der Waals surface area (Å²) in [5.74, 6) is 0.239. The van der Waals surface area contributed by atoms with Crippen molar-refractivity contribution in [3.8, 4) is 0 Å². The summed E-state index contributed by atoms with van der Waals surface area (Å²) in [5, 5.41) is 16.1. The van der Waals surface area contributed by atoms with Crippen LogP contribution in [-0.4, -0.2) is 51.7 Å². The molecule has 1 aromatic carbocycles. The van der Waals surface area contributed by atoms with Crippen LogP contribution in [0.1, 0.15) is 61.3 Å². The maximum absolute atomic E-state index is 13.3. The molecule has 1 saturated heterocycles. The highest BCUT2D eigenvalue weighted by Gasteiger charge is 2.36. The second-order valence-electron chi connectivity index (χ2n) is 9.55. The van der Waals surface area contributed by atoms with Crippen LogP contribution in [0.2, 0.25) is 0 Å². The minimum atomic E-state index is -4.66. The number of piperazine rings is 1. The number of hydrogen-bond acceptors (Lipinski definition) is 5. The molecule has 11 heteroatoms. The lowest BCUT2D eigenvalue weighted by molar-refractivity contribution is -0.384. The van der Waals surface area contributed by atoms with Gasteiger partial charge in [-0.1, -0.05) is 0 Å². The second-order valence-corrected chi connectivity index (χ2v) is 9.55. The van der Waals surface area contributed by atoms with Crippen molar-refractivity contribution in [2.24, 2.45) is 0 Å². The summed E-state index contributed by atoms with van der Waals surface area (Å²) >= 11 is 0. The Morgan fingerprint density at radius 2 is 1.73 bits per heavy atom. The van der Waals surface area contributed by atoms with Crippen molar-refractivity contribution in [2.45, 2.75) is 51.2 Å². The molecular weight excluding hydrogens is 439 g/mol. The third-order valence-corrected chi connectivity index (χ3v) is 5.99. The first-order chi connectivity index (χ1) is 15.4. The molecule has 1 aliphatic carbocycles. The topological polar surface area (TPSA) is 84.5 Å². The number of alkyl halides is 3. The summed E-state index contributed by atoms with van der Waals surface area (Å²) in [4.78, 5) is 27.3. The van der Waals surface area contributed by atoms with Crippen LogP contribution in [0.25, 0.3) is 0 Å². The van der Waals surface area contributed by atoms with Crippen LogP contribution >= 0.6 is 0 Å². The third kappa shape index (κ3) is 4.67. The molecule has 2 aromatic rings. The minimum Gasteiger partial charge on any atom is -0.362 e. The number of anilines is 1. The van der Waals surface area contributed by atoms with E-state index in [9.17, 15) is 28.1 Å². The van der Waals surface area contributed by atoms with E-state index in [0.29, 0.717) is 30.8 Å². The van der Waals surface area contributed by atoms with Crippen LogP contribution in [-0.2, 0) is 11.7 Å². The van der Waals surface area contributed by atoms with Crippen LogP contribution in [0.3, 0.4) is 0 Å². The molecule has 2 fully saturated rings. The van der Waals surface area contributed by atoms with Gasteiger partial charge in [0.2, 0.25) is 0 Å². The largest absolute Gasteiger partial charge is 0.416 e. The van der Waals surface area contributed by atoms with Gasteiger partial charge in [-0.2, -0.15) is 18.3 Å². The zero-order valence-corrected chi connectivity index (χ0v) is 18.7. The molecule has 8 nitrogen and oxygen atoms in total. The second kappa shape index (κ2) is 8.03. The fourth-order valence-corrected chi connectivity index (χ4v) is 4.07. The van der Waals surface area contributed by atoms with E-state index in [4.69, 9.17) is 0 Å². The van der Waals surface area contributed by atoms with Crippen molar-refractivity contribution in [3.63, 3.8) is 0 Å². The van der Waals surface area contributed by atoms with Gasteiger partial charge in [-0.25, -0.2) is 0 Å². The normalized spacial score (nSPS) is 17.4. The van der Waals surface area contributed by atoms with Gasteiger partial charge >= 0.3 is 6.18 Å². The first kappa shape index (κ1) is 23.1. The van der Waals surface area contributed by atoms with E-state index in [1.807, 2.05) is 26.8 Å². The fraction of sp³-hybridized carbons (Fsp3) is 0.545. The molecule has 4 rings (SSSR count). The molecule has 1 amide bonds. The Bertz CT molecular complexity index is 1080. The first-order valence-electron chi connectivity index (χ1n) is 10.9. The van der Waals surface area contributed by atoms with Gasteiger partial charge in [-0.05, 0) is 51.8 Å². The molecule has 178 valence electrons. The number of rotatable bonds is 4. The van der Waals surface area contributed by atoms with Gasteiger partial charge in [-0.15, -0.1) is 0 Å². The van der Waals surface area contributed by atoms with Gasteiger partial charge in [0.15, 0.2) is 0 Å². The average Bonchev–Trinajstić information content (AvgIpc) is 3.49. The molecule has 2 heterocycles. The highest BCUT2D eigenvalue weighted by molar-refractivity contribution is 5.93. The highest BCUT2D eigenvalue weighted by atomic mass is 19.4. The summed E-state index contributed by atoms with van der Waals surface area (Å²) in [6.45, 7) is 7.09. The maximum atomic E-state index is 13.3. The van der Waals surface area contributed by atoms with Gasteiger partial charge in [0.1, 0.15) is 11.4 Å². The number of hydrogen-bond donors (Lipinski definition) is 0. The van der Waals surface area contributed by atoms with Gasteiger partial charge < -0.3 is 9.80 Å². The van der Waals surface area contributed by atoms with E-state index < -0.39 is 22.4 Å². The lowest BCUT2D eigenvalue weighted by Crippen LogP contribution is -2.49. The van der Waals surface area contributed by atoms with Crippen molar-refractivity contribution in [1.82, 2.24) is 14.7 Å². The average molecular weight is 465 g/mol. The number of carbonyl (C=O) groups excluding carboxylic acids is 1. The molecule has 1 aromatic heterocycles. The van der Waals surface area contributed by atoms with E-state index in [1.165, 1.54) is 0 Å². The Morgan fingerprint density at radius 1 is 1.09 bits per heavy atom. The molecule has 33 heavy (non-hydrogen) atoms. The van der Waals surface area contributed by atoms with E-state index in [0.717, 1.165) is 30.7 Å². The number of benzene rings is 1. The predicted molar refractivity (Wildman–Crippen MR) is 115 cm³/mol. The van der Waals surface area contributed by atoms with Crippen molar-refractivity contribution in [2.75, 3.05) is 31.1 Å². The number of amides is 1. The third-order valence-electron chi connectivity index (χ3n) is 5.99. The Labute approximate surface area is 189 Å². The van der Waals surface area contributed by atoms with E-state index in [2.05, 4.69) is 5.10 Å². The van der Waals surface area contributed by atoms with Crippen LogP contribution in [0.4, 0.5) is 24.5 Å². The van der Waals surface area contributed by atoms with Crippen molar-refractivity contribution in [3.05, 3.63) is 51.3 Å². The first-order valence-corrected chi connectivity index (χ1v) is 10.9. The van der Waals surface area contributed by atoms with Crippen LogP contribution < -0.4 is 4.90 Å². The Morgan fingerprint density at radius 3 is 2.24 bits per heavy atom. The standard InChI is InChI=1S/C22H26F3N5O3/c1-21(2,3)29-19(13-16(26-29)14-4-5-14)20(31)28-10-8-27(9-11-28)17-7-6-15(22(23,24)25)12-18(17)30(32)33/h6-7,12-14H,4-5,8-11H2,1-3H3. The summed E-state index contributed by atoms with van der Waals surface area (Å²) in [6.07, 6.45) is -2.53. The monoisotopic (exact) mass is 465 g/mol. The SMILES string of the molecule is CC(C)(C)n1nc(C2CC2)cc1C(=O)N1CCN(c2ccc(C(F)(F)F)cc2[N+](=O)[O-])CC1. The zero-order valence-electron chi connectivity index (χ0n) is 18.7. The molecule has 2 aliphatic rings. The van der Waals surface area contributed by atoms with Gasteiger partial charge in [0.25, 0.3) is 11.6 Å². The Hall–Kier alpha value is -3.11. The molecule has 0 atom stereocenters. The number of carbonyl (C=O) groups is 1. The highest BCUT2D eigenvalue weighted by Crippen LogP contribution is 2.40. The summed E-state index contributed by atoms with van der Waals surface area (Å²) in [5.41, 5.74) is -0.472. The van der Waals surface area contributed by atoms with E-state index >= 15 is 0 Å². The lowest BCUT2D eigenvalue weighted by atomic mass is 10.1. The van der Waals surface area contributed by atoms with Crippen LogP contribution in [0.5, 0.6) is 0 Å². The molecule has 1 saturated carbocycles. The van der Waals surface area contributed by atoms with Crippen molar-refractivity contribution < 1.29 is 22.9 Å². The summed E-state index contributed by atoms with van der Waals surface area (Å²) < 4.78 is 40.7. The van der Waals surface area contributed by atoms with Gasteiger partial charge in [0.05, 0.1) is 21.7 Å². The Kier molecular flexibility index (Phi) is 5.61. The Balaban J connectivity index is 1.52. The van der Waals surface area contributed by atoms with E-state index in [-0.39, 0.29) is 30.2 Å². The van der Waals surface area contributed by atoms with Crippen molar-refractivity contribution in [1.29, 1.82) is 0 Å². The molecule has 0 N–H and O–H groups in total. The molecule has 0 unspecified atom stereocenters. The van der Waals surface area contributed by atoms with E-state index in [1.54, 1.807) is 14.5 Å². The number of nitrogens with zero attached hydrogens (tertiary/aromatic N) is 5. The van der Waals surface area contributed by atoms with Gasteiger partial charge in [-0.3, -0.25) is 19.6 Å². The smallest absolute Gasteiger partial charge is 0.362 e. The lowest BCUT2D eigenvalue weighted by Gasteiger charge is -2.36. The predicted octanol–water partition coefficient (Wildman–Crippen LogP) is 4.40. The maximum Gasteiger partial charge on any atom is 0.416 e. The van der Waals surface area contributed by atoms with Gasteiger partial charge in [0, 0.05) is 38.2 Å². The quantitative estimate of drug-likeness (QED) is 0.494. The summed E-state index contributed by atoms with van der Waals surface area (Å²) in [6, 6.07) is 4.41. The molecular formula is C22H26F3N5O3. The minimum absolute atomic E-state index is 0.121. The van der Waals surface area contributed by atoms with Crippen LogP contribution in [0, 0.1) is 10.1 Å². The summed E-state index contributed by atoms with van der Waals surface area (Å²) in [7, 11) is 0. The van der Waals surface area contributed by atoms with Crippen LogP contribution in [0.15, 0.2) is 24.3 Å².